The summed E-state index contributed by atoms with van der Waals surface area (Å²) in [5, 5.41) is 0. The molecule has 0 aromatic heterocycles. The molecule has 1 heterocycles. The number of ether oxygens (including phenoxy) is 1. The van der Waals surface area contributed by atoms with E-state index in [-0.39, 0.29) is 11.9 Å². The van der Waals surface area contributed by atoms with Crippen LogP contribution in [0.1, 0.15) is 30.1 Å². The van der Waals surface area contributed by atoms with Crippen LogP contribution in [0.15, 0.2) is 18.2 Å². The fourth-order valence-electron chi connectivity index (χ4n) is 2.82. The maximum atomic E-state index is 12.7. The first-order chi connectivity index (χ1) is 10.0. The molecule has 1 unspecified atom stereocenters. The van der Waals surface area contributed by atoms with Crippen LogP contribution in [0.3, 0.4) is 0 Å². The Morgan fingerprint density at radius 1 is 1.48 bits per heavy atom. The van der Waals surface area contributed by atoms with E-state index in [4.69, 9.17) is 10.5 Å². The van der Waals surface area contributed by atoms with E-state index in [0.29, 0.717) is 23.6 Å². The molecule has 1 atom stereocenters. The molecule has 1 aliphatic heterocycles. The summed E-state index contributed by atoms with van der Waals surface area (Å²) in [5.41, 5.74) is 7.02. The average Bonchev–Trinajstić information content (AvgIpc) is 2.45. The quantitative estimate of drug-likeness (QED) is 0.860. The Labute approximate surface area is 126 Å². The number of amides is 1. The van der Waals surface area contributed by atoms with E-state index in [0.717, 1.165) is 25.9 Å². The number of nitrogens with two attached hydrogens (primary N) is 1. The first-order valence-electron chi connectivity index (χ1n) is 7.50. The molecule has 0 bridgehead atoms. The number of benzene rings is 1. The van der Waals surface area contributed by atoms with E-state index in [1.807, 2.05) is 18.9 Å². The second-order valence-electron chi connectivity index (χ2n) is 5.70. The largest absolute Gasteiger partial charge is 0.494 e. The van der Waals surface area contributed by atoms with E-state index in [1.54, 1.807) is 18.2 Å². The maximum Gasteiger partial charge on any atom is 0.254 e. The number of rotatable bonds is 4. The molecule has 0 radical (unpaired) electrons. The molecule has 2 rings (SSSR count). The van der Waals surface area contributed by atoms with Gasteiger partial charge in [-0.25, -0.2) is 0 Å². The van der Waals surface area contributed by atoms with Crippen molar-refractivity contribution >= 4 is 11.6 Å². The predicted molar refractivity (Wildman–Crippen MR) is 84.6 cm³/mol. The second-order valence-corrected chi connectivity index (χ2v) is 5.70. The molecule has 1 fully saturated rings. The lowest BCUT2D eigenvalue weighted by molar-refractivity contribution is 0.0643. The summed E-state index contributed by atoms with van der Waals surface area (Å²) in [7, 11) is 3.97. The summed E-state index contributed by atoms with van der Waals surface area (Å²) in [6.07, 6.45) is 2.17. The van der Waals surface area contributed by atoms with Gasteiger partial charge < -0.3 is 20.3 Å². The van der Waals surface area contributed by atoms with Crippen molar-refractivity contribution in [3.8, 4) is 5.75 Å². The summed E-state index contributed by atoms with van der Waals surface area (Å²) >= 11 is 0. The Hall–Kier alpha value is -1.75. The first-order valence-corrected chi connectivity index (χ1v) is 7.50. The molecule has 5 nitrogen and oxygen atoms in total. The average molecular weight is 291 g/mol. The van der Waals surface area contributed by atoms with Gasteiger partial charge in [0.25, 0.3) is 5.91 Å². The lowest BCUT2D eigenvalue weighted by Gasteiger charge is -2.36. The normalized spacial score (nSPS) is 19.3. The number of piperidine rings is 1. The number of likely N-dealkylation sites (N-methyl/N-ethyl adjacent to an activating group) is 2. The molecular formula is C16H25N3O2. The molecule has 116 valence electrons. The van der Waals surface area contributed by atoms with Gasteiger partial charge in [-0.15, -0.1) is 0 Å². The zero-order valence-electron chi connectivity index (χ0n) is 13.1. The van der Waals surface area contributed by atoms with Crippen LogP contribution in [0.4, 0.5) is 5.69 Å². The zero-order chi connectivity index (χ0) is 15.4. The third-order valence-corrected chi connectivity index (χ3v) is 3.95. The van der Waals surface area contributed by atoms with Gasteiger partial charge in [-0.3, -0.25) is 4.79 Å². The first kappa shape index (κ1) is 15.6. The SMILES string of the molecule is CCOc1cc(N)cc(C(=O)N(C)C2CCCN(C)C2)c1. The van der Waals surface area contributed by atoms with Crippen molar-refractivity contribution in [2.75, 3.05) is 39.5 Å². The van der Waals surface area contributed by atoms with Gasteiger partial charge in [0.15, 0.2) is 0 Å². The van der Waals surface area contributed by atoms with Crippen LogP contribution in [-0.4, -0.2) is 55.5 Å². The van der Waals surface area contributed by atoms with Crippen molar-refractivity contribution in [2.24, 2.45) is 0 Å². The van der Waals surface area contributed by atoms with E-state index >= 15 is 0 Å². The Morgan fingerprint density at radius 2 is 2.24 bits per heavy atom. The second kappa shape index (κ2) is 6.80. The van der Waals surface area contributed by atoms with Crippen molar-refractivity contribution in [1.29, 1.82) is 0 Å². The van der Waals surface area contributed by atoms with E-state index in [9.17, 15) is 4.79 Å². The van der Waals surface area contributed by atoms with Gasteiger partial charge in [-0.2, -0.15) is 0 Å². The molecule has 0 spiro atoms. The minimum Gasteiger partial charge on any atom is -0.494 e. The molecular weight excluding hydrogens is 266 g/mol. The zero-order valence-corrected chi connectivity index (χ0v) is 13.1. The van der Waals surface area contributed by atoms with Crippen molar-refractivity contribution < 1.29 is 9.53 Å². The molecule has 1 aromatic carbocycles. The highest BCUT2D eigenvalue weighted by Gasteiger charge is 2.25. The highest BCUT2D eigenvalue weighted by atomic mass is 16.5. The molecule has 21 heavy (non-hydrogen) atoms. The molecule has 0 saturated carbocycles. The summed E-state index contributed by atoms with van der Waals surface area (Å²) in [4.78, 5) is 16.8. The van der Waals surface area contributed by atoms with Gasteiger partial charge in [0.1, 0.15) is 5.75 Å². The van der Waals surface area contributed by atoms with Crippen LogP contribution in [0.2, 0.25) is 0 Å². The number of nitrogen functional groups attached to an aromatic ring is 1. The molecule has 2 N–H and O–H groups in total. The highest BCUT2D eigenvalue weighted by Crippen LogP contribution is 2.22. The minimum absolute atomic E-state index is 0.00329. The van der Waals surface area contributed by atoms with Crippen LogP contribution >= 0.6 is 0 Å². The molecule has 0 aliphatic carbocycles. The number of likely N-dealkylation sites (tertiary alicyclic amines) is 1. The lowest BCUT2D eigenvalue weighted by atomic mass is 10.0. The number of hydrogen-bond donors (Lipinski definition) is 1. The highest BCUT2D eigenvalue weighted by molar-refractivity contribution is 5.95. The fourth-order valence-corrected chi connectivity index (χ4v) is 2.82. The van der Waals surface area contributed by atoms with Crippen molar-refractivity contribution in [3.63, 3.8) is 0 Å². The van der Waals surface area contributed by atoms with Crippen molar-refractivity contribution in [1.82, 2.24) is 9.80 Å². The summed E-state index contributed by atoms with van der Waals surface area (Å²) in [5.74, 6) is 0.651. The topological polar surface area (TPSA) is 58.8 Å². The van der Waals surface area contributed by atoms with E-state index in [1.165, 1.54) is 0 Å². The minimum atomic E-state index is 0.00329. The predicted octanol–water partition coefficient (Wildman–Crippen LogP) is 1.83. The van der Waals surface area contributed by atoms with Crippen LogP contribution in [0.25, 0.3) is 0 Å². The lowest BCUT2D eigenvalue weighted by Crippen LogP contribution is -2.47. The summed E-state index contributed by atoms with van der Waals surface area (Å²) in [6, 6.07) is 5.49. The van der Waals surface area contributed by atoms with E-state index < -0.39 is 0 Å². The van der Waals surface area contributed by atoms with Gasteiger partial charge >= 0.3 is 0 Å². The Bertz CT molecular complexity index is 504. The third kappa shape index (κ3) is 3.88. The molecule has 1 aromatic rings. The number of hydrogen-bond acceptors (Lipinski definition) is 4. The van der Waals surface area contributed by atoms with Gasteiger partial charge in [0.2, 0.25) is 0 Å². The van der Waals surface area contributed by atoms with Gasteiger partial charge in [-0.05, 0) is 45.5 Å². The molecule has 1 saturated heterocycles. The standard InChI is InChI=1S/C16H25N3O2/c1-4-21-15-9-12(8-13(17)10-15)16(20)19(3)14-6-5-7-18(2)11-14/h8-10,14H,4-7,11,17H2,1-3H3. The monoisotopic (exact) mass is 291 g/mol. The number of anilines is 1. The third-order valence-electron chi connectivity index (χ3n) is 3.95. The fraction of sp³-hybridized carbons (Fsp3) is 0.562. The molecule has 5 heteroatoms. The maximum absolute atomic E-state index is 12.7. The molecule has 1 aliphatic rings. The number of nitrogens with zero attached hydrogens (tertiary/aromatic N) is 2. The van der Waals surface area contributed by atoms with Crippen molar-refractivity contribution in [3.05, 3.63) is 23.8 Å². The van der Waals surface area contributed by atoms with Crippen molar-refractivity contribution in [2.45, 2.75) is 25.8 Å². The number of carbonyl (C=O) groups excluding carboxylic acids is 1. The van der Waals surface area contributed by atoms with Crippen LogP contribution in [0, 0.1) is 0 Å². The summed E-state index contributed by atoms with van der Waals surface area (Å²) in [6.45, 7) is 4.49. The van der Waals surface area contributed by atoms with Gasteiger partial charge in [0, 0.05) is 37.0 Å². The summed E-state index contributed by atoms with van der Waals surface area (Å²) < 4.78 is 5.46. The van der Waals surface area contributed by atoms with Crippen LogP contribution in [-0.2, 0) is 0 Å². The Morgan fingerprint density at radius 3 is 2.90 bits per heavy atom. The van der Waals surface area contributed by atoms with Crippen LogP contribution in [0.5, 0.6) is 5.75 Å². The van der Waals surface area contributed by atoms with Gasteiger partial charge in [0.05, 0.1) is 6.61 Å². The van der Waals surface area contributed by atoms with Gasteiger partial charge in [-0.1, -0.05) is 0 Å². The number of carbonyl (C=O) groups is 1. The van der Waals surface area contributed by atoms with Crippen LogP contribution < -0.4 is 10.5 Å². The Balaban J connectivity index is 2.14. The Kier molecular flexibility index (Phi) is 5.07. The van der Waals surface area contributed by atoms with E-state index in [2.05, 4.69) is 11.9 Å². The molecule has 1 amide bonds. The smallest absolute Gasteiger partial charge is 0.254 e.